The summed E-state index contributed by atoms with van der Waals surface area (Å²) in [7, 11) is 1.57. The molecule has 0 saturated carbocycles. The number of aryl methyl sites for hydroxylation is 2. The zero-order valence-corrected chi connectivity index (χ0v) is 21.3. The van der Waals surface area contributed by atoms with Crippen molar-refractivity contribution >= 4 is 23.1 Å². The minimum absolute atomic E-state index is 0.126. The van der Waals surface area contributed by atoms with Crippen LogP contribution >= 0.6 is 0 Å². The molecule has 1 heterocycles. The van der Waals surface area contributed by atoms with E-state index in [9.17, 15) is 14.7 Å². The number of benzene rings is 3. The molecule has 0 aliphatic carbocycles. The number of rotatable bonds is 4. The molecule has 1 N–H and O–H groups in total. The minimum atomic E-state index is -1.13. The molecule has 1 aliphatic heterocycles. The Kier molecular flexibility index (Phi) is 6.48. The van der Waals surface area contributed by atoms with E-state index in [-0.39, 0.29) is 22.3 Å². The predicted octanol–water partition coefficient (Wildman–Crippen LogP) is 6.37. The summed E-state index contributed by atoms with van der Waals surface area (Å²) in [4.78, 5) is 28.0. The highest BCUT2D eigenvalue weighted by atomic mass is 19.1. The molecule has 5 nitrogen and oxygen atoms in total. The summed E-state index contributed by atoms with van der Waals surface area (Å²) in [5.41, 5.74) is 3.21. The van der Waals surface area contributed by atoms with Gasteiger partial charge in [-0.05, 0) is 66.8 Å². The predicted molar refractivity (Wildman–Crippen MR) is 139 cm³/mol. The fourth-order valence-electron chi connectivity index (χ4n) is 4.56. The molecule has 1 amide bonds. The quantitative estimate of drug-likeness (QED) is 0.264. The van der Waals surface area contributed by atoms with E-state index in [0.29, 0.717) is 17.0 Å². The summed E-state index contributed by atoms with van der Waals surface area (Å²) in [5, 5.41) is 11.5. The van der Waals surface area contributed by atoms with Gasteiger partial charge in [-0.25, -0.2) is 4.39 Å². The Labute approximate surface area is 210 Å². The van der Waals surface area contributed by atoms with Crippen LogP contribution in [0.25, 0.3) is 5.76 Å². The Bertz CT molecular complexity index is 1400. The largest absolute Gasteiger partial charge is 0.507 e. The molecule has 0 bridgehead atoms. The fraction of sp³-hybridized carbons (Fsp3) is 0.267. The standard InChI is InChI=1S/C30H30FNO4/c1-17-11-13-20(15-18(17)2)32-26(21-9-7-8-10-23(21)31)25(28(34)29(32)35)27(33)19-12-14-24(36-6)22(16-19)30(3,4)5/h7-16,26,33H,1-6H3/b27-25+. The molecule has 0 spiro atoms. The van der Waals surface area contributed by atoms with Crippen LogP contribution in [-0.4, -0.2) is 23.9 Å². The van der Waals surface area contributed by atoms with Gasteiger partial charge in [0.2, 0.25) is 0 Å². The number of hydrogen-bond acceptors (Lipinski definition) is 4. The van der Waals surface area contributed by atoms with E-state index < -0.39 is 23.5 Å². The van der Waals surface area contributed by atoms with Crippen molar-refractivity contribution in [3.8, 4) is 5.75 Å². The number of methoxy groups -OCH3 is 1. The summed E-state index contributed by atoms with van der Waals surface area (Å²) in [6.45, 7) is 9.86. The average molecular weight is 488 g/mol. The SMILES string of the molecule is COc1ccc(/C(O)=C2\C(=O)C(=O)N(c3ccc(C)c(C)c3)C2c2ccccc2F)cc1C(C)(C)C. The second-order valence-corrected chi connectivity index (χ2v) is 10.1. The summed E-state index contributed by atoms with van der Waals surface area (Å²) < 4.78 is 20.6. The molecule has 4 rings (SSSR count). The van der Waals surface area contributed by atoms with Gasteiger partial charge in [-0.3, -0.25) is 14.5 Å². The van der Waals surface area contributed by atoms with Crippen molar-refractivity contribution in [2.75, 3.05) is 12.0 Å². The van der Waals surface area contributed by atoms with Gasteiger partial charge in [0, 0.05) is 22.4 Å². The third-order valence-electron chi connectivity index (χ3n) is 6.69. The van der Waals surface area contributed by atoms with Crippen LogP contribution in [-0.2, 0) is 15.0 Å². The molecule has 0 aromatic heterocycles. The molecule has 1 atom stereocenters. The van der Waals surface area contributed by atoms with Crippen molar-refractivity contribution in [1.82, 2.24) is 0 Å². The number of carbonyl (C=O) groups excluding carboxylic acids is 2. The molecule has 1 fully saturated rings. The highest BCUT2D eigenvalue weighted by Crippen LogP contribution is 2.44. The maximum absolute atomic E-state index is 15.1. The molecule has 0 radical (unpaired) electrons. The molecule has 3 aromatic carbocycles. The third kappa shape index (κ3) is 4.28. The van der Waals surface area contributed by atoms with Crippen molar-refractivity contribution in [3.63, 3.8) is 0 Å². The second kappa shape index (κ2) is 9.26. The Morgan fingerprint density at radius 2 is 1.67 bits per heavy atom. The van der Waals surface area contributed by atoms with Gasteiger partial charge in [0.05, 0.1) is 18.7 Å². The molecule has 1 aliphatic rings. The van der Waals surface area contributed by atoms with Crippen molar-refractivity contribution in [2.45, 2.75) is 46.1 Å². The van der Waals surface area contributed by atoms with Crippen molar-refractivity contribution < 1.29 is 23.8 Å². The van der Waals surface area contributed by atoms with Crippen LogP contribution in [0.1, 0.15) is 54.6 Å². The molecular formula is C30H30FNO4. The van der Waals surface area contributed by atoms with Crippen LogP contribution in [0.3, 0.4) is 0 Å². The van der Waals surface area contributed by atoms with E-state index in [4.69, 9.17) is 4.74 Å². The maximum Gasteiger partial charge on any atom is 0.300 e. The lowest BCUT2D eigenvalue weighted by molar-refractivity contribution is -0.132. The first-order valence-electron chi connectivity index (χ1n) is 11.8. The first kappa shape index (κ1) is 25.2. The zero-order valence-electron chi connectivity index (χ0n) is 21.3. The summed E-state index contributed by atoms with van der Waals surface area (Å²) in [5.74, 6) is -1.99. The Hall–Kier alpha value is -3.93. The molecule has 1 saturated heterocycles. The van der Waals surface area contributed by atoms with Crippen LogP contribution < -0.4 is 9.64 Å². The molecule has 3 aromatic rings. The fourth-order valence-corrected chi connectivity index (χ4v) is 4.56. The Balaban J connectivity index is 1.99. The molecule has 186 valence electrons. The van der Waals surface area contributed by atoms with Crippen molar-refractivity contribution in [1.29, 1.82) is 0 Å². The molecular weight excluding hydrogens is 457 g/mol. The van der Waals surface area contributed by atoms with Gasteiger partial charge in [-0.2, -0.15) is 0 Å². The van der Waals surface area contributed by atoms with Gasteiger partial charge in [-0.1, -0.05) is 45.0 Å². The highest BCUT2D eigenvalue weighted by Gasteiger charge is 2.48. The zero-order chi connectivity index (χ0) is 26.4. The highest BCUT2D eigenvalue weighted by molar-refractivity contribution is 6.51. The van der Waals surface area contributed by atoms with Gasteiger partial charge in [0.15, 0.2) is 0 Å². The van der Waals surface area contributed by atoms with Crippen LogP contribution in [0.2, 0.25) is 0 Å². The molecule has 1 unspecified atom stereocenters. The van der Waals surface area contributed by atoms with Crippen LogP contribution in [0.15, 0.2) is 66.2 Å². The van der Waals surface area contributed by atoms with E-state index in [1.807, 2.05) is 40.7 Å². The molecule has 36 heavy (non-hydrogen) atoms. The smallest absolute Gasteiger partial charge is 0.300 e. The number of Topliss-reactive ketones (excluding diaryl/α,β-unsaturated/α-hetero) is 1. The first-order chi connectivity index (χ1) is 17.0. The normalized spacial score (nSPS) is 17.5. The first-order valence-corrected chi connectivity index (χ1v) is 11.8. The minimum Gasteiger partial charge on any atom is -0.507 e. The lowest BCUT2D eigenvalue weighted by Crippen LogP contribution is -2.30. The summed E-state index contributed by atoms with van der Waals surface area (Å²) in [6.07, 6.45) is 0. The third-order valence-corrected chi connectivity index (χ3v) is 6.69. The van der Waals surface area contributed by atoms with Crippen LogP contribution in [0, 0.1) is 19.7 Å². The van der Waals surface area contributed by atoms with Crippen LogP contribution in [0.5, 0.6) is 5.75 Å². The van der Waals surface area contributed by atoms with E-state index in [0.717, 1.165) is 16.7 Å². The maximum atomic E-state index is 15.1. The molecule has 6 heteroatoms. The van der Waals surface area contributed by atoms with E-state index in [1.54, 1.807) is 49.6 Å². The van der Waals surface area contributed by atoms with Gasteiger partial charge in [-0.15, -0.1) is 0 Å². The summed E-state index contributed by atoms with van der Waals surface area (Å²) in [6, 6.07) is 15.3. The lowest BCUT2D eigenvalue weighted by atomic mass is 9.84. The second-order valence-electron chi connectivity index (χ2n) is 10.1. The number of anilines is 1. The Morgan fingerprint density at radius 3 is 2.28 bits per heavy atom. The van der Waals surface area contributed by atoms with Crippen LogP contribution in [0.4, 0.5) is 10.1 Å². The van der Waals surface area contributed by atoms with Gasteiger partial charge in [0.1, 0.15) is 17.3 Å². The number of aliphatic hydroxyl groups excluding tert-OH is 1. The van der Waals surface area contributed by atoms with E-state index in [2.05, 4.69) is 0 Å². The number of halogens is 1. The average Bonchev–Trinajstić information content (AvgIpc) is 3.10. The number of ketones is 1. The van der Waals surface area contributed by atoms with Crippen molar-refractivity contribution in [3.05, 3.63) is 99.9 Å². The monoisotopic (exact) mass is 487 g/mol. The van der Waals surface area contributed by atoms with E-state index in [1.165, 1.54) is 17.0 Å². The van der Waals surface area contributed by atoms with Gasteiger partial charge in [0.25, 0.3) is 11.7 Å². The van der Waals surface area contributed by atoms with E-state index >= 15 is 4.39 Å². The lowest BCUT2D eigenvalue weighted by Gasteiger charge is -2.26. The number of ether oxygens (including phenoxy) is 1. The number of hydrogen-bond donors (Lipinski definition) is 1. The number of carbonyl (C=O) groups is 2. The number of aliphatic hydroxyl groups is 1. The van der Waals surface area contributed by atoms with Gasteiger partial charge < -0.3 is 9.84 Å². The topological polar surface area (TPSA) is 66.8 Å². The van der Waals surface area contributed by atoms with Gasteiger partial charge >= 0.3 is 0 Å². The Morgan fingerprint density at radius 1 is 0.972 bits per heavy atom. The number of amides is 1. The number of nitrogens with zero attached hydrogens (tertiary/aromatic N) is 1. The van der Waals surface area contributed by atoms with Crippen molar-refractivity contribution in [2.24, 2.45) is 0 Å². The summed E-state index contributed by atoms with van der Waals surface area (Å²) >= 11 is 0.